The lowest BCUT2D eigenvalue weighted by Crippen LogP contribution is -2.41. The van der Waals surface area contributed by atoms with Crippen LogP contribution >= 0.6 is 11.6 Å². The van der Waals surface area contributed by atoms with Crippen molar-refractivity contribution in [3.8, 4) is 17.1 Å². The van der Waals surface area contributed by atoms with Gasteiger partial charge >= 0.3 is 13.2 Å². The van der Waals surface area contributed by atoms with Gasteiger partial charge in [0.05, 0.1) is 30.2 Å². The number of benzene rings is 1. The summed E-state index contributed by atoms with van der Waals surface area (Å²) < 4.78 is 23.0. The minimum Gasteiger partial charge on any atom is -0.480 e. The van der Waals surface area contributed by atoms with Crippen molar-refractivity contribution in [2.24, 2.45) is 0 Å². The van der Waals surface area contributed by atoms with E-state index >= 15 is 0 Å². The smallest absolute Gasteiger partial charge is 0.480 e. The van der Waals surface area contributed by atoms with E-state index in [2.05, 4.69) is 20.6 Å². The summed E-state index contributed by atoms with van der Waals surface area (Å²) in [6.07, 6.45) is 2.06. The van der Waals surface area contributed by atoms with Crippen molar-refractivity contribution in [3.63, 3.8) is 0 Å². The summed E-state index contributed by atoms with van der Waals surface area (Å²) in [7, 11) is 0.837. The van der Waals surface area contributed by atoms with E-state index in [4.69, 9.17) is 30.4 Å². The first kappa shape index (κ1) is 26.2. The fourth-order valence-corrected chi connectivity index (χ4v) is 4.22. The normalized spacial score (nSPS) is 20.2. The molecule has 2 N–H and O–H groups in total. The maximum atomic E-state index is 12.1. The van der Waals surface area contributed by atoms with Crippen molar-refractivity contribution >= 4 is 36.2 Å². The number of carbonyl (C=O) groups excluding carboxylic acids is 2. The van der Waals surface area contributed by atoms with Crippen molar-refractivity contribution in [2.75, 3.05) is 13.7 Å². The molecule has 0 radical (unpaired) electrons. The Kier molecular flexibility index (Phi) is 7.45. The van der Waals surface area contributed by atoms with E-state index in [0.29, 0.717) is 46.8 Å². The number of halogens is 1. The highest BCUT2D eigenvalue weighted by Gasteiger charge is 2.52. The number of rotatable bonds is 7. The molecule has 0 spiro atoms. The van der Waals surface area contributed by atoms with Gasteiger partial charge in [-0.25, -0.2) is 14.8 Å². The zero-order chi connectivity index (χ0) is 26.1. The van der Waals surface area contributed by atoms with Gasteiger partial charge in [0.2, 0.25) is 11.8 Å². The molecule has 10 nitrogen and oxygen atoms in total. The number of ether oxygens (including phenoxy) is 2. The molecular formula is C24H30BClN4O6. The first-order valence-corrected chi connectivity index (χ1v) is 12.1. The van der Waals surface area contributed by atoms with Gasteiger partial charge in [-0.2, -0.15) is 0 Å². The second kappa shape index (κ2) is 10.2. The molecule has 2 amide bonds. The van der Waals surface area contributed by atoms with E-state index in [9.17, 15) is 9.59 Å². The van der Waals surface area contributed by atoms with Gasteiger partial charge < -0.3 is 29.4 Å². The Hall–Kier alpha value is -2.89. The van der Waals surface area contributed by atoms with Crippen LogP contribution in [0, 0.1) is 0 Å². The molecule has 36 heavy (non-hydrogen) atoms. The summed E-state index contributed by atoms with van der Waals surface area (Å²) in [6, 6.07) is 5.45. The molecule has 1 atom stereocenters. The van der Waals surface area contributed by atoms with Gasteiger partial charge in [0.25, 0.3) is 0 Å². The zero-order valence-corrected chi connectivity index (χ0v) is 21.8. The number of hydrogen-bond acceptors (Lipinski definition) is 8. The van der Waals surface area contributed by atoms with Gasteiger partial charge in [-0.3, -0.25) is 4.79 Å². The van der Waals surface area contributed by atoms with Crippen molar-refractivity contribution < 1.29 is 28.4 Å². The Labute approximate surface area is 215 Å². The highest BCUT2D eigenvalue weighted by atomic mass is 35.5. The minimum atomic E-state index is -0.624. The summed E-state index contributed by atoms with van der Waals surface area (Å²) in [5, 5.41) is 5.85. The van der Waals surface area contributed by atoms with Crippen LogP contribution in [0.15, 0.2) is 24.4 Å². The van der Waals surface area contributed by atoms with Crippen LogP contribution in [0.4, 0.5) is 4.79 Å². The first-order valence-electron chi connectivity index (χ1n) is 11.7. The first-order chi connectivity index (χ1) is 17.0. The number of alkyl carbamates (subject to hydrolysis) is 1. The van der Waals surface area contributed by atoms with Crippen molar-refractivity contribution in [2.45, 2.75) is 64.4 Å². The van der Waals surface area contributed by atoms with E-state index in [1.54, 1.807) is 6.20 Å². The van der Waals surface area contributed by atoms with Crippen molar-refractivity contribution in [1.29, 1.82) is 0 Å². The van der Waals surface area contributed by atoms with Crippen LogP contribution in [0.25, 0.3) is 11.3 Å². The Morgan fingerprint density at radius 1 is 1.28 bits per heavy atom. The van der Waals surface area contributed by atoms with E-state index in [0.717, 1.165) is 0 Å². The van der Waals surface area contributed by atoms with Crippen molar-refractivity contribution in [1.82, 2.24) is 20.6 Å². The van der Waals surface area contributed by atoms with Crippen LogP contribution in [-0.2, 0) is 25.4 Å². The molecule has 1 unspecified atom stereocenters. The highest BCUT2D eigenvalue weighted by molar-refractivity contribution is 6.66. The Morgan fingerprint density at radius 2 is 2.00 bits per heavy atom. The van der Waals surface area contributed by atoms with Crippen LogP contribution in [-0.4, -0.2) is 60.0 Å². The third kappa shape index (κ3) is 5.43. The van der Waals surface area contributed by atoms with Crippen LogP contribution < -0.4 is 20.8 Å². The van der Waals surface area contributed by atoms with Crippen LogP contribution in [0.5, 0.6) is 5.88 Å². The van der Waals surface area contributed by atoms with Gasteiger partial charge in [0, 0.05) is 35.1 Å². The summed E-state index contributed by atoms with van der Waals surface area (Å²) >= 11 is 6.77. The number of nitrogens with one attached hydrogen (secondary N) is 2. The maximum Gasteiger partial charge on any atom is 0.496 e. The van der Waals surface area contributed by atoms with Gasteiger partial charge in [-0.1, -0.05) is 29.8 Å². The SMILES string of the molecule is COc1nc(-c2cccc(B3OC(C)(C)C(C)(C)O3)c2Cl)cnc1COC(=O)NCC1CCC(=O)N1. The molecule has 4 rings (SSSR count). The molecule has 192 valence electrons. The minimum absolute atomic E-state index is 0.0168. The third-order valence-corrected chi connectivity index (χ3v) is 7.16. The monoisotopic (exact) mass is 516 g/mol. The van der Waals surface area contributed by atoms with Gasteiger partial charge in [0.15, 0.2) is 0 Å². The fraction of sp³-hybridized carbons (Fsp3) is 0.500. The summed E-state index contributed by atoms with van der Waals surface area (Å²) in [4.78, 5) is 32.2. The van der Waals surface area contributed by atoms with E-state index in [-0.39, 0.29) is 24.4 Å². The largest absolute Gasteiger partial charge is 0.496 e. The quantitative estimate of drug-likeness (QED) is 0.539. The molecule has 0 saturated carbocycles. The molecule has 0 aliphatic carbocycles. The molecular weight excluding hydrogens is 487 g/mol. The topological polar surface area (TPSA) is 121 Å². The number of nitrogens with zero attached hydrogens (tertiary/aromatic N) is 2. The average molecular weight is 517 g/mol. The zero-order valence-electron chi connectivity index (χ0n) is 21.0. The number of amides is 2. The second-order valence-corrected chi connectivity index (χ2v) is 10.1. The molecule has 12 heteroatoms. The molecule has 1 aromatic heterocycles. The molecule has 2 saturated heterocycles. The Balaban J connectivity index is 1.45. The summed E-state index contributed by atoms with van der Waals surface area (Å²) in [6.45, 7) is 8.08. The number of hydrogen-bond donors (Lipinski definition) is 2. The van der Waals surface area contributed by atoms with Crippen LogP contribution in [0.1, 0.15) is 46.2 Å². The lowest BCUT2D eigenvalue weighted by molar-refractivity contribution is -0.119. The molecule has 2 aliphatic heterocycles. The average Bonchev–Trinajstić information content (AvgIpc) is 3.34. The molecule has 2 fully saturated rings. The van der Waals surface area contributed by atoms with Gasteiger partial charge in [0.1, 0.15) is 12.3 Å². The van der Waals surface area contributed by atoms with Crippen LogP contribution in [0.3, 0.4) is 0 Å². The molecule has 2 aliphatic rings. The molecule has 1 aromatic carbocycles. The Morgan fingerprint density at radius 3 is 2.64 bits per heavy atom. The van der Waals surface area contributed by atoms with E-state index in [1.165, 1.54) is 7.11 Å². The molecule has 3 heterocycles. The molecule has 2 aromatic rings. The third-order valence-electron chi connectivity index (χ3n) is 6.73. The number of methoxy groups -OCH3 is 1. The van der Waals surface area contributed by atoms with Crippen molar-refractivity contribution in [3.05, 3.63) is 35.1 Å². The lowest BCUT2D eigenvalue weighted by Gasteiger charge is -2.32. The Bertz CT molecular complexity index is 1150. The summed E-state index contributed by atoms with van der Waals surface area (Å²) in [5.74, 6) is 0.192. The van der Waals surface area contributed by atoms with Gasteiger partial charge in [-0.05, 0) is 34.1 Å². The summed E-state index contributed by atoms with van der Waals surface area (Å²) in [5.41, 5.74) is 1.16. The highest BCUT2D eigenvalue weighted by Crippen LogP contribution is 2.38. The predicted molar refractivity (Wildman–Crippen MR) is 134 cm³/mol. The van der Waals surface area contributed by atoms with Gasteiger partial charge in [-0.15, -0.1) is 0 Å². The number of carbonyl (C=O) groups is 2. The lowest BCUT2D eigenvalue weighted by atomic mass is 9.78. The fourth-order valence-electron chi connectivity index (χ4n) is 3.91. The van der Waals surface area contributed by atoms with Crippen LogP contribution in [0.2, 0.25) is 5.02 Å². The molecule has 0 bridgehead atoms. The predicted octanol–water partition coefficient (Wildman–Crippen LogP) is 2.61. The maximum absolute atomic E-state index is 12.1. The van der Waals surface area contributed by atoms with E-state index in [1.807, 2.05) is 45.9 Å². The number of aromatic nitrogens is 2. The second-order valence-electron chi connectivity index (χ2n) is 9.77. The van der Waals surface area contributed by atoms with E-state index < -0.39 is 24.4 Å². The standard InChI is InChI=1S/C24H30BClN4O6/c1-23(2)24(3,4)36-25(35-23)16-8-6-7-15(20(16)26)17-12-27-18(21(30-17)33-5)13-34-22(32)28-11-14-9-10-19(31)29-14/h6-8,12,14H,9-11,13H2,1-5H3,(H,28,32)(H,29,31).